The lowest BCUT2D eigenvalue weighted by molar-refractivity contribution is 0.240. The molecule has 0 aromatic carbocycles. The zero-order valence-electron chi connectivity index (χ0n) is 5.89. The van der Waals surface area contributed by atoms with Crippen LogP contribution in [0.2, 0.25) is 0 Å². The maximum Gasteiger partial charge on any atom is 0.104 e. The Morgan fingerprint density at radius 3 is 3.20 bits per heavy atom. The Labute approximate surface area is 60.7 Å². The van der Waals surface area contributed by atoms with Crippen molar-refractivity contribution in [1.82, 2.24) is 0 Å². The Hall–Kier alpha value is -0.980. The van der Waals surface area contributed by atoms with Crippen LogP contribution in [-0.4, -0.2) is 6.61 Å². The van der Waals surface area contributed by atoms with Crippen LogP contribution >= 0.6 is 0 Å². The normalized spacial score (nSPS) is 23.0. The molecular formula is C9H10O. The minimum absolute atomic E-state index is 0.853. The van der Waals surface area contributed by atoms with Gasteiger partial charge in [0.1, 0.15) is 5.76 Å². The van der Waals surface area contributed by atoms with Gasteiger partial charge in [-0.25, -0.2) is 0 Å². The summed E-state index contributed by atoms with van der Waals surface area (Å²) in [5.74, 6) is 1.15. The Morgan fingerprint density at radius 2 is 2.40 bits per heavy atom. The van der Waals surface area contributed by atoms with E-state index in [-0.39, 0.29) is 0 Å². The average Bonchev–Trinajstić information content (AvgIpc) is 2.36. The van der Waals surface area contributed by atoms with Gasteiger partial charge in [0.05, 0.1) is 6.61 Å². The van der Waals surface area contributed by atoms with E-state index in [1.165, 1.54) is 5.57 Å². The first kappa shape index (κ1) is 5.78. The van der Waals surface area contributed by atoms with Crippen LogP contribution in [-0.2, 0) is 4.74 Å². The standard InChI is InChI=1S/C9H10O/c1-7-3-2-4-9-8(7)5-6-10-9/h2-3H,1,4-6H2. The summed E-state index contributed by atoms with van der Waals surface area (Å²) in [6.07, 6.45) is 6.20. The van der Waals surface area contributed by atoms with Crippen molar-refractivity contribution < 1.29 is 4.74 Å². The summed E-state index contributed by atoms with van der Waals surface area (Å²) in [5.41, 5.74) is 2.47. The molecule has 0 N–H and O–H groups in total. The molecule has 52 valence electrons. The quantitative estimate of drug-likeness (QED) is 0.493. The van der Waals surface area contributed by atoms with E-state index in [4.69, 9.17) is 4.74 Å². The van der Waals surface area contributed by atoms with Crippen LogP contribution in [0.1, 0.15) is 12.8 Å². The van der Waals surface area contributed by atoms with E-state index in [0.29, 0.717) is 0 Å². The van der Waals surface area contributed by atoms with Gasteiger partial charge in [0.15, 0.2) is 0 Å². The molecule has 2 rings (SSSR count). The summed E-state index contributed by atoms with van der Waals surface area (Å²) in [6, 6.07) is 0. The number of ether oxygens (including phenoxy) is 1. The molecule has 0 bridgehead atoms. The molecule has 10 heavy (non-hydrogen) atoms. The fourth-order valence-electron chi connectivity index (χ4n) is 1.43. The summed E-state index contributed by atoms with van der Waals surface area (Å²) in [7, 11) is 0. The highest BCUT2D eigenvalue weighted by Gasteiger charge is 2.18. The third-order valence-electron chi connectivity index (χ3n) is 1.97. The van der Waals surface area contributed by atoms with Crippen molar-refractivity contribution in [3.05, 3.63) is 35.6 Å². The number of hydrogen-bond acceptors (Lipinski definition) is 1. The Kier molecular flexibility index (Phi) is 1.16. The van der Waals surface area contributed by atoms with E-state index in [9.17, 15) is 0 Å². The summed E-state index contributed by atoms with van der Waals surface area (Å²) >= 11 is 0. The van der Waals surface area contributed by atoms with Gasteiger partial charge >= 0.3 is 0 Å². The maximum atomic E-state index is 5.39. The van der Waals surface area contributed by atoms with Gasteiger partial charge in [0.2, 0.25) is 0 Å². The van der Waals surface area contributed by atoms with Crippen LogP contribution in [0.15, 0.2) is 35.6 Å². The highest BCUT2D eigenvalue weighted by molar-refractivity contribution is 5.44. The van der Waals surface area contributed by atoms with Gasteiger partial charge in [-0.3, -0.25) is 0 Å². The monoisotopic (exact) mass is 134 g/mol. The van der Waals surface area contributed by atoms with Crippen molar-refractivity contribution in [2.45, 2.75) is 12.8 Å². The third kappa shape index (κ3) is 0.703. The highest BCUT2D eigenvalue weighted by atomic mass is 16.5. The summed E-state index contributed by atoms with van der Waals surface area (Å²) in [6.45, 7) is 4.78. The van der Waals surface area contributed by atoms with Gasteiger partial charge in [0.25, 0.3) is 0 Å². The molecule has 0 unspecified atom stereocenters. The minimum Gasteiger partial charge on any atom is -0.497 e. The summed E-state index contributed by atoms with van der Waals surface area (Å²) < 4.78 is 5.39. The first-order chi connectivity index (χ1) is 4.88. The molecule has 1 aliphatic heterocycles. The van der Waals surface area contributed by atoms with Crippen LogP contribution in [0.25, 0.3) is 0 Å². The Bertz CT molecular complexity index is 233. The predicted molar refractivity (Wildman–Crippen MR) is 40.5 cm³/mol. The fourth-order valence-corrected chi connectivity index (χ4v) is 1.43. The molecule has 0 aromatic rings. The van der Waals surface area contributed by atoms with Crippen LogP contribution < -0.4 is 0 Å². The van der Waals surface area contributed by atoms with Gasteiger partial charge in [-0.15, -0.1) is 0 Å². The second-order valence-corrected chi connectivity index (χ2v) is 2.63. The van der Waals surface area contributed by atoms with Crippen molar-refractivity contribution in [3.63, 3.8) is 0 Å². The molecule has 0 saturated carbocycles. The lowest BCUT2D eigenvalue weighted by Gasteiger charge is -2.08. The zero-order valence-corrected chi connectivity index (χ0v) is 5.89. The van der Waals surface area contributed by atoms with Crippen molar-refractivity contribution in [2.75, 3.05) is 6.61 Å². The Balaban J connectivity index is 2.35. The Morgan fingerprint density at radius 1 is 1.50 bits per heavy atom. The highest BCUT2D eigenvalue weighted by Crippen LogP contribution is 2.31. The minimum atomic E-state index is 0.853. The summed E-state index contributed by atoms with van der Waals surface area (Å²) in [5, 5.41) is 0. The number of allylic oxidation sites excluding steroid dienone is 3. The second-order valence-electron chi connectivity index (χ2n) is 2.63. The second kappa shape index (κ2) is 2.01. The first-order valence-electron chi connectivity index (χ1n) is 3.58. The summed E-state index contributed by atoms with van der Waals surface area (Å²) in [4.78, 5) is 0. The lowest BCUT2D eigenvalue weighted by atomic mass is 9.99. The molecular weight excluding hydrogens is 124 g/mol. The molecule has 1 aliphatic carbocycles. The van der Waals surface area contributed by atoms with Crippen LogP contribution in [0.5, 0.6) is 0 Å². The topological polar surface area (TPSA) is 9.23 Å². The molecule has 0 radical (unpaired) electrons. The van der Waals surface area contributed by atoms with Crippen LogP contribution in [0.4, 0.5) is 0 Å². The van der Waals surface area contributed by atoms with E-state index in [1.54, 1.807) is 0 Å². The van der Waals surface area contributed by atoms with Crippen molar-refractivity contribution in [2.24, 2.45) is 0 Å². The molecule has 1 heterocycles. The van der Waals surface area contributed by atoms with Crippen LogP contribution in [0.3, 0.4) is 0 Å². The third-order valence-corrected chi connectivity index (χ3v) is 1.97. The van der Waals surface area contributed by atoms with Gasteiger partial charge in [-0.1, -0.05) is 18.7 Å². The molecule has 1 heteroatoms. The SMILES string of the molecule is C=C1C=CCC2=C1CCO2. The lowest BCUT2D eigenvalue weighted by Crippen LogP contribution is -1.91. The molecule has 1 nitrogen and oxygen atoms in total. The van der Waals surface area contributed by atoms with E-state index < -0.39 is 0 Å². The van der Waals surface area contributed by atoms with Crippen molar-refractivity contribution in [1.29, 1.82) is 0 Å². The molecule has 0 spiro atoms. The van der Waals surface area contributed by atoms with E-state index in [1.807, 2.05) is 0 Å². The first-order valence-corrected chi connectivity index (χ1v) is 3.58. The molecule has 0 amide bonds. The largest absolute Gasteiger partial charge is 0.497 e. The average molecular weight is 134 g/mol. The van der Waals surface area contributed by atoms with Crippen LogP contribution in [0, 0.1) is 0 Å². The maximum absolute atomic E-state index is 5.39. The van der Waals surface area contributed by atoms with E-state index in [2.05, 4.69) is 18.7 Å². The van der Waals surface area contributed by atoms with Crippen molar-refractivity contribution >= 4 is 0 Å². The molecule has 2 aliphatic rings. The molecule has 0 fully saturated rings. The molecule has 0 aromatic heterocycles. The van der Waals surface area contributed by atoms with E-state index >= 15 is 0 Å². The predicted octanol–water partition coefficient (Wildman–Crippen LogP) is 2.18. The molecule has 0 atom stereocenters. The van der Waals surface area contributed by atoms with Gasteiger partial charge in [-0.05, 0) is 5.57 Å². The zero-order chi connectivity index (χ0) is 6.97. The molecule has 0 saturated heterocycles. The fraction of sp³-hybridized carbons (Fsp3) is 0.333. The van der Waals surface area contributed by atoms with Gasteiger partial charge < -0.3 is 4.74 Å². The van der Waals surface area contributed by atoms with E-state index in [0.717, 1.165) is 30.8 Å². The number of rotatable bonds is 0. The van der Waals surface area contributed by atoms with Gasteiger partial charge in [0, 0.05) is 18.4 Å². The smallest absolute Gasteiger partial charge is 0.104 e. The van der Waals surface area contributed by atoms with Crippen molar-refractivity contribution in [3.8, 4) is 0 Å². The number of hydrogen-bond donors (Lipinski definition) is 0. The van der Waals surface area contributed by atoms with Gasteiger partial charge in [-0.2, -0.15) is 0 Å².